The highest BCUT2D eigenvalue weighted by atomic mass is 16.5. The van der Waals surface area contributed by atoms with Crippen LogP contribution in [0.25, 0.3) is 11.1 Å². The monoisotopic (exact) mass is 338 g/mol. The second kappa shape index (κ2) is 7.92. The van der Waals surface area contributed by atoms with Crippen LogP contribution in [0.3, 0.4) is 0 Å². The highest BCUT2D eigenvalue weighted by Gasteiger charge is 2.30. The molecule has 1 saturated carbocycles. The summed E-state index contributed by atoms with van der Waals surface area (Å²) in [5.74, 6) is -0.331. The van der Waals surface area contributed by atoms with Crippen LogP contribution in [0.4, 0.5) is 5.69 Å². The van der Waals surface area contributed by atoms with Gasteiger partial charge in [0.15, 0.2) is 0 Å². The number of nitrogens with zero attached hydrogens (tertiary/aromatic N) is 1. The maximum absolute atomic E-state index is 12.6. The predicted molar refractivity (Wildman–Crippen MR) is 95.8 cm³/mol. The topological polar surface area (TPSA) is 68.3 Å². The van der Waals surface area contributed by atoms with Crippen LogP contribution in [0, 0.1) is 11.8 Å². The highest BCUT2D eigenvalue weighted by molar-refractivity contribution is 5.96. The fourth-order valence-corrected chi connectivity index (χ4v) is 3.36. The minimum atomic E-state index is -0.169. The third-order valence-electron chi connectivity index (χ3n) is 4.80. The molecule has 1 amide bonds. The van der Waals surface area contributed by atoms with E-state index in [2.05, 4.69) is 10.3 Å². The normalized spacial score (nSPS) is 19.9. The van der Waals surface area contributed by atoms with Crippen LogP contribution in [0.15, 0.2) is 48.8 Å². The summed E-state index contributed by atoms with van der Waals surface area (Å²) in [5, 5.41) is 3.02. The number of ether oxygens (including phenoxy) is 1. The van der Waals surface area contributed by atoms with E-state index < -0.39 is 0 Å². The van der Waals surface area contributed by atoms with Crippen molar-refractivity contribution >= 4 is 17.6 Å². The first kappa shape index (κ1) is 17.1. The van der Waals surface area contributed by atoms with Crippen LogP contribution in [0.2, 0.25) is 0 Å². The maximum atomic E-state index is 12.6. The van der Waals surface area contributed by atoms with Gasteiger partial charge in [0.1, 0.15) is 0 Å². The van der Waals surface area contributed by atoms with Gasteiger partial charge in [0.2, 0.25) is 5.91 Å². The smallest absolute Gasteiger partial charge is 0.308 e. The Morgan fingerprint density at radius 2 is 1.72 bits per heavy atom. The van der Waals surface area contributed by atoms with Gasteiger partial charge in [-0.2, -0.15) is 0 Å². The average Bonchev–Trinajstić information content (AvgIpc) is 2.68. The molecule has 5 nitrogen and oxygen atoms in total. The lowest BCUT2D eigenvalue weighted by molar-refractivity contribution is -0.147. The molecule has 1 aliphatic rings. The lowest BCUT2D eigenvalue weighted by Crippen LogP contribution is -2.30. The van der Waals surface area contributed by atoms with Crippen LogP contribution in [0.1, 0.15) is 25.7 Å². The summed E-state index contributed by atoms with van der Waals surface area (Å²) in [6.07, 6.45) is 6.20. The molecule has 3 rings (SSSR count). The first-order valence-corrected chi connectivity index (χ1v) is 8.57. The molecule has 1 N–H and O–H groups in total. The van der Waals surface area contributed by atoms with Crippen molar-refractivity contribution in [1.82, 2.24) is 4.98 Å². The summed E-state index contributed by atoms with van der Waals surface area (Å²) in [6.45, 7) is 0. The molecule has 1 heterocycles. The number of methoxy groups -OCH3 is 1. The van der Waals surface area contributed by atoms with Gasteiger partial charge >= 0.3 is 5.97 Å². The Balaban J connectivity index is 1.68. The molecule has 0 spiro atoms. The van der Waals surface area contributed by atoms with Crippen molar-refractivity contribution in [3.8, 4) is 11.1 Å². The molecular formula is C20H22N2O3. The summed E-state index contributed by atoms with van der Waals surface area (Å²) in [5.41, 5.74) is 2.70. The van der Waals surface area contributed by atoms with Crippen LogP contribution in [-0.4, -0.2) is 24.0 Å². The second-order valence-corrected chi connectivity index (χ2v) is 6.35. The minimum Gasteiger partial charge on any atom is -0.469 e. The van der Waals surface area contributed by atoms with Gasteiger partial charge in [0.25, 0.3) is 0 Å². The minimum absolute atomic E-state index is 0.00602. The summed E-state index contributed by atoms with van der Waals surface area (Å²) < 4.78 is 4.80. The average molecular weight is 338 g/mol. The Labute approximate surface area is 147 Å². The van der Waals surface area contributed by atoms with E-state index in [0.29, 0.717) is 31.4 Å². The molecule has 1 aromatic carbocycles. The number of anilines is 1. The van der Waals surface area contributed by atoms with Gasteiger partial charge in [-0.1, -0.05) is 30.3 Å². The number of hydrogen-bond acceptors (Lipinski definition) is 4. The standard InChI is InChI=1S/C20H22N2O3/c1-25-20(24)16-9-7-15(8-10-16)19(23)22-18-13-21-12-11-17(18)14-5-3-2-4-6-14/h2-6,11-13,15-16H,7-10H2,1H3,(H,22,23). The maximum Gasteiger partial charge on any atom is 0.308 e. The van der Waals surface area contributed by atoms with Crippen molar-refractivity contribution in [3.05, 3.63) is 48.8 Å². The molecule has 130 valence electrons. The van der Waals surface area contributed by atoms with E-state index in [1.807, 2.05) is 36.4 Å². The van der Waals surface area contributed by atoms with Crippen molar-refractivity contribution in [2.75, 3.05) is 12.4 Å². The predicted octanol–water partition coefficient (Wildman–Crippen LogP) is 3.67. The SMILES string of the molecule is COC(=O)C1CCC(C(=O)Nc2cnccc2-c2ccccc2)CC1. The summed E-state index contributed by atoms with van der Waals surface area (Å²) in [6, 6.07) is 11.8. The number of benzene rings is 1. The zero-order chi connectivity index (χ0) is 17.6. The quantitative estimate of drug-likeness (QED) is 0.864. The third kappa shape index (κ3) is 4.05. The van der Waals surface area contributed by atoms with Gasteiger partial charge in [-0.15, -0.1) is 0 Å². The molecule has 1 aromatic heterocycles. The molecule has 0 saturated heterocycles. The van der Waals surface area contributed by atoms with Crippen LogP contribution in [-0.2, 0) is 14.3 Å². The lowest BCUT2D eigenvalue weighted by Gasteiger charge is -2.26. The number of hydrogen-bond donors (Lipinski definition) is 1. The zero-order valence-corrected chi connectivity index (χ0v) is 14.3. The largest absolute Gasteiger partial charge is 0.469 e. The summed E-state index contributed by atoms with van der Waals surface area (Å²) in [7, 11) is 1.41. The van der Waals surface area contributed by atoms with Crippen LogP contribution >= 0.6 is 0 Å². The van der Waals surface area contributed by atoms with E-state index in [0.717, 1.165) is 11.1 Å². The van der Waals surface area contributed by atoms with E-state index in [1.165, 1.54) is 7.11 Å². The first-order valence-electron chi connectivity index (χ1n) is 8.57. The molecule has 0 atom stereocenters. The van der Waals surface area contributed by atoms with Crippen molar-refractivity contribution < 1.29 is 14.3 Å². The Morgan fingerprint density at radius 1 is 1.04 bits per heavy atom. The molecule has 1 aliphatic carbocycles. The molecule has 2 aromatic rings. The number of esters is 1. The van der Waals surface area contributed by atoms with Crippen LogP contribution < -0.4 is 5.32 Å². The number of pyridine rings is 1. The molecule has 0 unspecified atom stereocenters. The van der Waals surface area contributed by atoms with Gasteiger partial charge in [-0.05, 0) is 37.3 Å². The molecule has 25 heavy (non-hydrogen) atoms. The summed E-state index contributed by atoms with van der Waals surface area (Å²) >= 11 is 0. The number of rotatable bonds is 4. The van der Waals surface area contributed by atoms with Crippen molar-refractivity contribution in [2.24, 2.45) is 11.8 Å². The first-order chi connectivity index (χ1) is 12.2. The Hall–Kier alpha value is -2.69. The van der Waals surface area contributed by atoms with Gasteiger partial charge in [0.05, 0.1) is 24.9 Å². The van der Waals surface area contributed by atoms with E-state index >= 15 is 0 Å². The van der Waals surface area contributed by atoms with Gasteiger partial charge in [-0.3, -0.25) is 14.6 Å². The molecule has 5 heteroatoms. The van der Waals surface area contributed by atoms with Gasteiger partial charge < -0.3 is 10.1 Å². The molecule has 0 aliphatic heterocycles. The molecule has 0 bridgehead atoms. The highest BCUT2D eigenvalue weighted by Crippen LogP contribution is 2.32. The number of carbonyl (C=O) groups is 2. The van der Waals surface area contributed by atoms with Crippen molar-refractivity contribution in [2.45, 2.75) is 25.7 Å². The number of nitrogens with one attached hydrogen (secondary N) is 1. The van der Waals surface area contributed by atoms with Gasteiger partial charge in [0, 0.05) is 17.7 Å². The fraction of sp³-hybridized carbons (Fsp3) is 0.350. The fourth-order valence-electron chi connectivity index (χ4n) is 3.36. The van der Waals surface area contributed by atoms with E-state index in [-0.39, 0.29) is 23.7 Å². The molecule has 1 fully saturated rings. The van der Waals surface area contributed by atoms with E-state index in [4.69, 9.17) is 4.74 Å². The van der Waals surface area contributed by atoms with E-state index in [9.17, 15) is 9.59 Å². The van der Waals surface area contributed by atoms with Crippen LogP contribution in [0.5, 0.6) is 0 Å². The number of aromatic nitrogens is 1. The Bertz CT molecular complexity index is 738. The Morgan fingerprint density at radius 3 is 2.40 bits per heavy atom. The van der Waals surface area contributed by atoms with Gasteiger partial charge in [-0.25, -0.2) is 0 Å². The third-order valence-corrected chi connectivity index (χ3v) is 4.80. The van der Waals surface area contributed by atoms with E-state index in [1.54, 1.807) is 12.4 Å². The molecule has 0 radical (unpaired) electrons. The Kier molecular flexibility index (Phi) is 5.43. The number of amides is 1. The van der Waals surface area contributed by atoms with Crippen molar-refractivity contribution in [3.63, 3.8) is 0 Å². The number of carbonyl (C=O) groups excluding carboxylic acids is 2. The lowest BCUT2D eigenvalue weighted by atomic mass is 9.81. The summed E-state index contributed by atoms with van der Waals surface area (Å²) in [4.78, 5) is 28.4. The second-order valence-electron chi connectivity index (χ2n) is 6.35. The molecular weight excluding hydrogens is 316 g/mol. The van der Waals surface area contributed by atoms with Crippen molar-refractivity contribution in [1.29, 1.82) is 0 Å². The zero-order valence-electron chi connectivity index (χ0n) is 14.3.